The van der Waals surface area contributed by atoms with Crippen molar-refractivity contribution in [3.05, 3.63) is 60.2 Å². The molecular weight excluding hydrogens is 216 g/mol. The molecule has 0 unspecified atom stereocenters. The molecule has 2 aromatic rings. The zero-order valence-corrected chi connectivity index (χ0v) is 11.3. The summed E-state index contributed by atoms with van der Waals surface area (Å²) in [6.07, 6.45) is 6.07. The Morgan fingerprint density at radius 3 is 2.56 bits per heavy atom. The zero-order valence-electron chi connectivity index (χ0n) is 11.3. The highest BCUT2D eigenvalue weighted by molar-refractivity contribution is 5.83. The molecule has 94 valence electrons. The van der Waals surface area contributed by atoms with E-state index < -0.39 is 0 Å². The van der Waals surface area contributed by atoms with Crippen molar-refractivity contribution in [3.8, 4) is 0 Å². The first kappa shape index (κ1) is 12.9. The topological polar surface area (TPSA) is 0 Å². The number of fused-ring (bicyclic) bond motifs is 1. The molecule has 0 atom stereocenters. The Labute approximate surface area is 110 Å². The number of benzene rings is 2. The molecule has 0 heteroatoms. The number of allylic oxidation sites excluding steroid dienone is 1. The lowest BCUT2D eigenvalue weighted by molar-refractivity contribution is 0.706. The number of unbranched alkanes of at least 4 members (excludes halogenated alkanes) is 2. The van der Waals surface area contributed by atoms with Crippen molar-refractivity contribution in [2.45, 2.75) is 39.0 Å². The van der Waals surface area contributed by atoms with Crippen LogP contribution >= 0.6 is 0 Å². The van der Waals surface area contributed by atoms with Gasteiger partial charge in [0.15, 0.2) is 0 Å². The minimum atomic E-state index is 1.02. The van der Waals surface area contributed by atoms with Gasteiger partial charge < -0.3 is 0 Å². The molecule has 0 radical (unpaired) electrons. The van der Waals surface area contributed by atoms with Crippen LogP contribution in [0.5, 0.6) is 0 Å². The van der Waals surface area contributed by atoms with Gasteiger partial charge in [0.25, 0.3) is 0 Å². The van der Waals surface area contributed by atoms with Crippen LogP contribution < -0.4 is 0 Å². The molecule has 0 bridgehead atoms. The van der Waals surface area contributed by atoms with Crippen LogP contribution in [0.2, 0.25) is 0 Å². The molecular formula is C18H22. The minimum Gasteiger partial charge on any atom is -0.0995 e. The van der Waals surface area contributed by atoms with Gasteiger partial charge in [0.2, 0.25) is 0 Å². The van der Waals surface area contributed by atoms with E-state index in [0.29, 0.717) is 0 Å². The Morgan fingerprint density at radius 1 is 1.00 bits per heavy atom. The van der Waals surface area contributed by atoms with Crippen molar-refractivity contribution in [1.29, 1.82) is 0 Å². The van der Waals surface area contributed by atoms with Gasteiger partial charge in [-0.05, 0) is 35.6 Å². The fourth-order valence-electron chi connectivity index (χ4n) is 2.35. The van der Waals surface area contributed by atoms with Gasteiger partial charge in [-0.15, -0.1) is 0 Å². The molecule has 2 aromatic carbocycles. The van der Waals surface area contributed by atoms with Gasteiger partial charge in [-0.1, -0.05) is 74.4 Å². The molecule has 0 nitrogen and oxygen atoms in total. The number of hydrogen-bond acceptors (Lipinski definition) is 0. The van der Waals surface area contributed by atoms with Gasteiger partial charge >= 0.3 is 0 Å². The van der Waals surface area contributed by atoms with E-state index in [1.165, 1.54) is 47.6 Å². The van der Waals surface area contributed by atoms with Crippen molar-refractivity contribution in [3.63, 3.8) is 0 Å². The van der Waals surface area contributed by atoms with Crippen molar-refractivity contribution in [2.75, 3.05) is 0 Å². The summed E-state index contributed by atoms with van der Waals surface area (Å²) in [5.41, 5.74) is 2.74. The quantitative estimate of drug-likeness (QED) is 0.459. The van der Waals surface area contributed by atoms with Crippen molar-refractivity contribution in [1.82, 2.24) is 0 Å². The molecule has 2 rings (SSSR count). The molecule has 0 aliphatic carbocycles. The van der Waals surface area contributed by atoms with Crippen molar-refractivity contribution in [2.24, 2.45) is 0 Å². The maximum absolute atomic E-state index is 4.20. The Bertz CT molecular complexity index is 522. The summed E-state index contributed by atoms with van der Waals surface area (Å²) in [4.78, 5) is 0. The first-order valence-electron chi connectivity index (χ1n) is 6.94. The normalized spacial score (nSPS) is 10.7. The third kappa shape index (κ3) is 3.46. The summed E-state index contributed by atoms with van der Waals surface area (Å²) < 4.78 is 0. The number of hydrogen-bond donors (Lipinski definition) is 0. The predicted molar refractivity (Wildman–Crippen MR) is 80.9 cm³/mol. The summed E-state index contributed by atoms with van der Waals surface area (Å²) in [6, 6.07) is 15.3. The molecule has 18 heavy (non-hydrogen) atoms. The van der Waals surface area contributed by atoms with Gasteiger partial charge in [-0.2, -0.15) is 0 Å². The third-order valence-electron chi connectivity index (χ3n) is 3.40. The van der Waals surface area contributed by atoms with E-state index in [1.54, 1.807) is 0 Å². The smallest absolute Gasteiger partial charge is 0.00696 e. The second kappa shape index (κ2) is 6.39. The predicted octanol–water partition coefficient (Wildman–Crippen LogP) is 5.52. The highest BCUT2D eigenvalue weighted by atomic mass is 14.0. The molecule has 0 aliphatic heterocycles. The monoisotopic (exact) mass is 238 g/mol. The summed E-state index contributed by atoms with van der Waals surface area (Å²) in [5, 5.41) is 2.65. The maximum Gasteiger partial charge on any atom is -0.00696 e. The van der Waals surface area contributed by atoms with Crippen LogP contribution in [0.4, 0.5) is 0 Å². The van der Waals surface area contributed by atoms with E-state index in [4.69, 9.17) is 0 Å². The second-order valence-electron chi connectivity index (χ2n) is 5.07. The Morgan fingerprint density at radius 2 is 1.78 bits per heavy atom. The SMILES string of the molecule is C=C(CCCCC)Cc1ccc2ccccc2c1. The lowest BCUT2D eigenvalue weighted by Crippen LogP contribution is -1.90. The number of rotatable bonds is 6. The molecule has 0 fully saturated rings. The lowest BCUT2D eigenvalue weighted by Gasteiger charge is -2.07. The molecule has 0 heterocycles. The highest BCUT2D eigenvalue weighted by Gasteiger charge is 1.99. The van der Waals surface area contributed by atoms with Gasteiger partial charge in [0.05, 0.1) is 0 Å². The summed E-state index contributed by atoms with van der Waals surface area (Å²) >= 11 is 0. The molecule has 0 saturated heterocycles. The fraction of sp³-hybridized carbons (Fsp3) is 0.333. The molecule has 0 aromatic heterocycles. The zero-order chi connectivity index (χ0) is 12.8. The van der Waals surface area contributed by atoms with E-state index in [1.807, 2.05) is 0 Å². The average Bonchev–Trinajstić information content (AvgIpc) is 2.39. The molecule has 0 N–H and O–H groups in total. The average molecular weight is 238 g/mol. The lowest BCUT2D eigenvalue weighted by atomic mass is 9.99. The molecule has 0 amide bonds. The Hall–Kier alpha value is -1.56. The molecule has 0 aliphatic rings. The fourth-order valence-corrected chi connectivity index (χ4v) is 2.35. The third-order valence-corrected chi connectivity index (χ3v) is 3.40. The summed E-state index contributed by atoms with van der Waals surface area (Å²) in [7, 11) is 0. The van der Waals surface area contributed by atoms with Gasteiger partial charge in [0, 0.05) is 0 Å². The van der Waals surface area contributed by atoms with Crippen LogP contribution in [0.15, 0.2) is 54.6 Å². The van der Waals surface area contributed by atoms with Crippen LogP contribution in [0.1, 0.15) is 38.2 Å². The summed E-state index contributed by atoms with van der Waals surface area (Å²) in [6.45, 7) is 6.44. The molecule has 0 spiro atoms. The van der Waals surface area contributed by atoms with E-state index in [0.717, 1.165) is 6.42 Å². The Balaban J connectivity index is 2.01. The van der Waals surface area contributed by atoms with Crippen LogP contribution in [0.3, 0.4) is 0 Å². The van der Waals surface area contributed by atoms with E-state index in [2.05, 4.69) is 56.0 Å². The summed E-state index contributed by atoms with van der Waals surface area (Å²) in [5.74, 6) is 0. The highest BCUT2D eigenvalue weighted by Crippen LogP contribution is 2.19. The van der Waals surface area contributed by atoms with Crippen LogP contribution in [0.25, 0.3) is 10.8 Å². The van der Waals surface area contributed by atoms with Gasteiger partial charge in [-0.3, -0.25) is 0 Å². The van der Waals surface area contributed by atoms with Gasteiger partial charge in [-0.25, -0.2) is 0 Å². The van der Waals surface area contributed by atoms with Crippen LogP contribution in [-0.4, -0.2) is 0 Å². The van der Waals surface area contributed by atoms with Crippen LogP contribution in [-0.2, 0) is 6.42 Å². The van der Waals surface area contributed by atoms with Crippen LogP contribution in [0, 0.1) is 0 Å². The van der Waals surface area contributed by atoms with E-state index in [9.17, 15) is 0 Å². The first-order valence-corrected chi connectivity index (χ1v) is 6.94. The van der Waals surface area contributed by atoms with Crippen molar-refractivity contribution < 1.29 is 0 Å². The Kier molecular flexibility index (Phi) is 4.58. The van der Waals surface area contributed by atoms with E-state index in [-0.39, 0.29) is 0 Å². The first-order chi connectivity index (χ1) is 8.79. The second-order valence-corrected chi connectivity index (χ2v) is 5.07. The maximum atomic E-state index is 4.20. The van der Waals surface area contributed by atoms with Gasteiger partial charge in [0.1, 0.15) is 0 Å². The molecule has 0 saturated carbocycles. The van der Waals surface area contributed by atoms with Crippen molar-refractivity contribution >= 4 is 10.8 Å². The largest absolute Gasteiger partial charge is 0.0995 e. The van der Waals surface area contributed by atoms with E-state index >= 15 is 0 Å². The standard InChI is InChI=1S/C18H22/c1-3-4-5-8-15(2)13-16-11-12-17-9-6-7-10-18(17)14-16/h6-7,9-12,14H,2-5,8,13H2,1H3. The minimum absolute atomic E-state index is 1.02.